The average molecular weight is 419 g/mol. The smallest absolute Gasteiger partial charge is 0.261 e. The monoisotopic (exact) mass is 418 g/mol. The summed E-state index contributed by atoms with van der Waals surface area (Å²) in [7, 11) is 0. The molecule has 1 heterocycles. The number of carbonyl (C=O) groups excluding carboxylic acids is 1. The largest absolute Gasteiger partial charge is 0.484 e. The maximum Gasteiger partial charge on any atom is 0.261 e. The SMILES string of the molecule is O=C(COc1ccc(Cl)cc1)N(Cc1nc2cc(Cl)ccc2o1)C1CCCC1. The zero-order valence-electron chi connectivity index (χ0n) is 15.2. The molecule has 0 saturated heterocycles. The lowest BCUT2D eigenvalue weighted by Gasteiger charge is -2.27. The predicted molar refractivity (Wildman–Crippen MR) is 109 cm³/mol. The quantitative estimate of drug-likeness (QED) is 0.531. The Morgan fingerprint density at radius 3 is 2.57 bits per heavy atom. The van der Waals surface area contributed by atoms with Gasteiger partial charge in [0.2, 0.25) is 5.89 Å². The molecule has 146 valence electrons. The second-order valence-corrected chi connectivity index (χ2v) is 7.80. The third kappa shape index (κ3) is 4.42. The molecule has 0 unspecified atom stereocenters. The van der Waals surface area contributed by atoms with Gasteiger partial charge in [-0.25, -0.2) is 4.98 Å². The molecule has 5 nitrogen and oxygen atoms in total. The lowest BCUT2D eigenvalue weighted by atomic mass is 10.2. The maximum absolute atomic E-state index is 12.9. The van der Waals surface area contributed by atoms with Crippen molar-refractivity contribution in [1.82, 2.24) is 9.88 Å². The number of amides is 1. The van der Waals surface area contributed by atoms with Crippen LogP contribution in [-0.2, 0) is 11.3 Å². The van der Waals surface area contributed by atoms with E-state index in [0.717, 1.165) is 25.7 Å². The van der Waals surface area contributed by atoms with Gasteiger partial charge in [0.15, 0.2) is 12.2 Å². The molecule has 28 heavy (non-hydrogen) atoms. The van der Waals surface area contributed by atoms with Crippen LogP contribution in [0, 0.1) is 0 Å². The highest BCUT2D eigenvalue weighted by molar-refractivity contribution is 6.31. The number of ether oxygens (including phenoxy) is 1. The first-order valence-electron chi connectivity index (χ1n) is 9.31. The number of hydrogen-bond acceptors (Lipinski definition) is 4. The molecule has 7 heteroatoms. The molecule has 4 rings (SSSR count). The van der Waals surface area contributed by atoms with Gasteiger partial charge in [0.1, 0.15) is 11.3 Å². The maximum atomic E-state index is 12.9. The summed E-state index contributed by atoms with van der Waals surface area (Å²) in [5.74, 6) is 1.03. The summed E-state index contributed by atoms with van der Waals surface area (Å²) in [5, 5.41) is 1.23. The number of halogens is 2. The fourth-order valence-electron chi connectivity index (χ4n) is 3.56. The molecule has 1 aliphatic rings. The van der Waals surface area contributed by atoms with Gasteiger partial charge in [-0.3, -0.25) is 4.79 Å². The molecular weight excluding hydrogens is 399 g/mol. The summed E-state index contributed by atoms with van der Waals surface area (Å²) in [4.78, 5) is 19.3. The van der Waals surface area contributed by atoms with Gasteiger partial charge in [-0.1, -0.05) is 36.0 Å². The summed E-state index contributed by atoms with van der Waals surface area (Å²) in [6.45, 7) is 0.282. The highest BCUT2D eigenvalue weighted by Gasteiger charge is 2.28. The highest BCUT2D eigenvalue weighted by Crippen LogP contribution is 2.27. The second-order valence-electron chi connectivity index (χ2n) is 6.92. The van der Waals surface area contributed by atoms with Crippen LogP contribution < -0.4 is 4.74 Å². The van der Waals surface area contributed by atoms with Crippen molar-refractivity contribution in [1.29, 1.82) is 0 Å². The normalized spacial score (nSPS) is 14.5. The van der Waals surface area contributed by atoms with E-state index in [1.54, 1.807) is 42.5 Å². The second kappa shape index (κ2) is 8.41. The van der Waals surface area contributed by atoms with Gasteiger partial charge in [-0.2, -0.15) is 0 Å². The Labute approximate surface area is 173 Å². The Bertz CT molecular complexity index is 965. The van der Waals surface area contributed by atoms with Crippen molar-refractivity contribution in [2.75, 3.05) is 6.61 Å². The molecule has 1 aliphatic carbocycles. The highest BCUT2D eigenvalue weighted by atomic mass is 35.5. The lowest BCUT2D eigenvalue weighted by molar-refractivity contribution is -0.136. The van der Waals surface area contributed by atoms with Crippen molar-refractivity contribution in [3.05, 3.63) is 58.4 Å². The van der Waals surface area contributed by atoms with Crippen LogP contribution in [-0.4, -0.2) is 28.4 Å². The molecule has 0 radical (unpaired) electrons. The number of hydrogen-bond donors (Lipinski definition) is 0. The average Bonchev–Trinajstić information content (AvgIpc) is 3.34. The number of oxazole rings is 1. The van der Waals surface area contributed by atoms with Gasteiger partial charge in [0, 0.05) is 16.1 Å². The summed E-state index contributed by atoms with van der Waals surface area (Å²) in [6.07, 6.45) is 4.21. The zero-order chi connectivity index (χ0) is 19.5. The van der Waals surface area contributed by atoms with E-state index in [4.69, 9.17) is 32.4 Å². The van der Waals surface area contributed by atoms with E-state index in [0.29, 0.717) is 39.3 Å². The van der Waals surface area contributed by atoms with Crippen LogP contribution >= 0.6 is 23.2 Å². The number of carbonyl (C=O) groups is 1. The Kier molecular flexibility index (Phi) is 5.74. The number of nitrogens with zero attached hydrogens (tertiary/aromatic N) is 2. The van der Waals surface area contributed by atoms with Crippen LogP contribution in [0.4, 0.5) is 0 Å². The molecule has 0 bridgehead atoms. The Hall–Kier alpha value is -2.24. The lowest BCUT2D eigenvalue weighted by Crippen LogP contribution is -2.41. The Balaban J connectivity index is 1.49. The minimum absolute atomic E-state index is 0.0375. The van der Waals surface area contributed by atoms with E-state index in [2.05, 4.69) is 4.98 Å². The molecular formula is C21H20Cl2N2O3. The van der Waals surface area contributed by atoms with Crippen LogP contribution in [0.5, 0.6) is 5.75 Å². The van der Waals surface area contributed by atoms with Crippen molar-refractivity contribution >= 4 is 40.2 Å². The molecule has 2 aromatic carbocycles. The Morgan fingerprint density at radius 1 is 1.11 bits per heavy atom. The molecule has 1 saturated carbocycles. The van der Waals surface area contributed by atoms with Gasteiger partial charge >= 0.3 is 0 Å². The summed E-state index contributed by atoms with van der Waals surface area (Å²) in [6, 6.07) is 12.5. The van der Waals surface area contributed by atoms with Gasteiger partial charge in [0.25, 0.3) is 5.91 Å². The third-order valence-corrected chi connectivity index (χ3v) is 5.45. The molecule has 1 aromatic heterocycles. The number of fused-ring (bicyclic) bond motifs is 1. The first-order chi connectivity index (χ1) is 13.6. The first kappa shape index (κ1) is 19.1. The van der Waals surface area contributed by atoms with Crippen LogP contribution in [0.2, 0.25) is 10.0 Å². The van der Waals surface area contributed by atoms with Crippen molar-refractivity contribution in [3.8, 4) is 5.75 Å². The molecule has 0 aliphatic heterocycles. The predicted octanol–water partition coefficient (Wildman–Crippen LogP) is 5.48. The van der Waals surface area contributed by atoms with Crippen LogP contribution in [0.1, 0.15) is 31.6 Å². The van der Waals surface area contributed by atoms with Gasteiger partial charge in [-0.15, -0.1) is 0 Å². The molecule has 0 spiro atoms. The van der Waals surface area contributed by atoms with Crippen molar-refractivity contribution in [2.24, 2.45) is 0 Å². The Morgan fingerprint density at radius 2 is 1.82 bits per heavy atom. The molecule has 1 fully saturated rings. The molecule has 0 atom stereocenters. The zero-order valence-corrected chi connectivity index (χ0v) is 16.7. The van der Waals surface area contributed by atoms with Crippen LogP contribution in [0.25, 0.3) is 11.1 Å². The van der Waals surface area contributed by atoms with Crippen molar-refractivity contribution in [2.45, 2.75) is 38.3 Å². The minimum Gasteiger partial charge on any atom is -0.484 e. The van der Waals surface area contributed by atoms with E-state index in [-0.39, 0.29) is 18.6 Å². The molecule has 3 aromatic rings. The van der Waals surface area contributed by atoms with Crippen LogP contribution in [0.3, 0.4) is 0 Å². The fourth-order valence-corrected chi connectivity index (χ4v) is 3.85. The van der Waals surface area contributed by atoms with E-state index in [9.17, 15) is 4.79 Å². The minimum atomic E-state index is -0.0814. The number of benzene rings is 2. The van der Waals surface area contributed by atoms with Gasteiger partial charge < -0.3 is 14.1 Å². The number of rotatable bonds is 6. The standard InChI is InChI=1S/C21H20Cl2N2O3/c22-14-5-8-17(9-6-14)27-13-21(26)25(16-3-1-2-4-16)12-20-24-18-11-15(23)7-10-19(18)28-20/h5-11,16H,1-4,12-13H2. The van der Waals surface area contributed by atoms with E-state index in [1.165, 1.54) is 0 Å². The number of aromatic nitrogens is 1. The fraction of sp³-hybridized carbons (Fsp3) is 0.333. The van der Waals surface area contributed by atoms with Crippen molar-refractivity contribution < 1.29 is 13.9 Å². The summed E-state index contributed by atoms with van der Waals surface area (Å²) < 4.78 is 11.5. The molecule has 0 N–H and O–H groups in total. The van der Waals surface area contributed by atoms with E-state index < -0.39 is 0 Å². The first-order valence-corrected chi connectivity index (χ1v) is 10.1. The van der Waals surface area contributed by atoms with E-state index >= 15 is 0 Å². The topological polar surface area (TPSA) is 55.6 Å². The summed E-state index contributed by atoms with van der Waals surface area (Å²) in [5.41, 5.74) is 1.36. The van der Waals surface area contributed by atoms with E-state index in [1.807, 2.05) is 4.90 Å². The third-order valence-electron chi connectivity index (χ3n) is 4.96. The summed E-state index contributed by atoms with van der Waals surface area (Å²) >= 11 is 11.9. The van der Waals surface area contributed by atoms with Crippen molar-refractivity contribution in [3.63, 3.8) is 0 Å². The van der Waals surface area contributed by atoms with Gasteiger partial charge in [0.05, 0.1) is 6.54 Å². The van der Waals surface area contributed by atoms with Gasteiger partial charge in [-0.05, 0) is 55.3 Å². The molecule has 1 amide bonds. The van der Waals surface area contributed by atoms with Crippen LogP contribution in [0.15, 0.2) is 46.9 Å².